The van der Waals surface area contributed by atoms with E-state index >= 15 is 0 Å². The number of para-hydroxylation sites is 1. The maximum absolute atomic E-state index is 13.4. The molecule has 9 heteroatoms. The Bertz CT molecular complexity index is 1570. The number of carbonyl (C=O) groups excluding carboxylic acids is 1. The van der Waals surface area contributed by atoms with E-state index in [0.717, 1.165) is 48.6 Å². The van der Waals surface area contributed by atoms with Crippen LogP contribution in [0.1, 0.15) is 28.5 Å². The van der Waals surface area contributed by atoms with Crippen molar-refractivity contribution < 1.29 is 22.1 Å². The molecule has 39 heavy (non-hydrogen) atoms. The minimum Gasteiger partial charge on any atom is -0.462 e. The molecule has 204 valence electrons. The Kier molecular flexibility index (Phi) is 7.74. The molecule has 5 rings (SSSR count). The molecule has 1 aliphatic rings. The van der Waals surface area contributed by atoms with Crippen LogP contribution < -0.4 is 4.18 Å². The molecule has 0 amide bonds. The Hall–Kier alpha value is -3.66. The van der Waals surface area contributed by atoms with Crippen LogP contribution in [-0.4, -0.2) is 68.6 Å². The molecule has 1 saturated heterocycles. The number of rotatable bonds is 8. The Balaban J connectivity index is 1.65. The minimum absolute atomic E-state index is 0.0661. The average molecular weight is 548 g/mol. The molecule has 0 unspecified atom stereocenters. The number of esters is 1. The second-order valence-corrected chi connectivity index (χ2v) is 11.4. The minimum atomic E-state index is -4.06. The van der Waals surface area contributed by atoms with Gasteiger partial charge in [-0.2, -0.15) is 8.42 Å². The molecule has 8 nitrogen and oxygen atoms in total. The highest BCUT2D eigenvalue weighted by atomic mass is 32.2. The number of aromatic nitrogens is 1. The lowest BCUT2D eigenvalue weighted by molar-refractivity contribution is 0.0525. The van der Waals surface area contributed by atoms with Gasteiger partial charge in [0.15, 0.2) is 0 Å². The summed E-state index contributed by atoms with van der Waals surface area (Å²) in [5.74, 6) is -0.315. The molecule has 0 radical (unpaired) electrons. The Morgan fingerprint density at radius 3 is 2.28 bits per heavy atom. The summed E-state index contributed by atoms with van der Waals surface area (Å²) in [6.45, 7) is 8.06. The van der Waals surface area contributed by atoms with Crippen LogP contribution in [0.2, 0.25) is 0 Å². The van der Waals surface area contributed by atoms with Gasteiger partial charge in [-0.05, 0) is 63.4 Å². The van der Waals surface area contributed by atoms with Gasteiger partial charge in [0.2, 0.25) is 0 Å². The van der Waals surface area contributed by atoms with Crippen molar-refractivity contribution in [1.82, 2.24) is 14.4 Å². The molecule has 0 N–H and O–H groups in total. The lowest BCUT2D eigenvalue weighted by Crippen LogP contribution is -2.44. The van der Waals surface area contributed by atoms with Crippen molar-refractivity contribution >= 4 is 27.0 Å². The standard InChI is InChI=1S/C30H33N3O5S/c1-4-37-30(34)29-26-20-24(38-39(35,36)25-13-10-22(2)11-14-25)12-15-27(26)33(23-8-6-5-7-9-23)28(29)21-32-18-16-31(3)17-19-32/h5-15,20H,4,16-19,21H2,1-3H3. The van der Waals surface area contributed by atoms with Crippen molar-refractivity contribution in [2.75, 3.05) is 39.8 Å². The summed E-state index contributed by atoms with van der Waals surface area (Å²) >= 11 is 0. The first-order valence-corrected chi connectivity index (χ1v) is 14.5. The second kappa shape index (κ2) is 11.2. The second-order valence-electron chi connectivity index (χ2n) is 9.82. The third-order valence-corrected chi connectivity index (χ3v) is 8.28. The molecule has 0 bridgehead atoms. The molecule has 0 spiro atoms. The largest absolute Gasteiger partial charge is 0.462 e. The highest BCUT2D eigenvalue weighted by molar-refractivity contribution is 7.87. The maximum atomic E-state index is 13.4. The molecule has 3 aromatic carbocycles. The summed E-state index contributed by atoms with van der Waals surface area (Å²) in [5, 5.41) is 0.582. The van der Waals surface area contributed by atoms with Crippen molar-refractivity contribution in [3.63, 3.8) is 0 Å². The molecule has 1 fully saturated rings. The first kappa shape index (κ1) is 26.9. The molecule has 0 saturated carbocycles. The third-order valence-electron chi connectivity index (χ3n) is 7.02. The van der Waals surface area contributed by atoms with E-state index in [0.29, 0.717) is 17.5 Å². The quantitative estimate of drug-likeness (QED) is 0.235. The number of aryl methyl sites for hydroxylation is 1. The van der Waals surface area contributed by atoms with Crippen LogP contribution in [0.25, 0.3) is 16.6 Å². The first-order valence-electron chi connectivity index (χ1n) is 13.1. The molecular formula is C30H33N3O5S. The van der Waals surface area contributed by atoms with Crippen LogP contribution >= 0.6 is 0 Å². The van der Waals surface area contributed by atoms with E-state index in [4.69, 9.17) is 8.92 Å². The van der Waals surface area contributed by atoms with Crippen LogP contribution in [0.3, 0.4) is 0 Å². The van der Waals surface area contributed by atoms with Gasteiger partial charge in [0.05, 0.1) is 23.4 Å². The monoisotopic (exact) mass is 547 g/mol. The van der Waals surface area contributed by atoms with Gasteiger partial charge in [-0.25, -0.2) is 4.79 Å². The molecule has 2 heterocycles. The van der Waals surface area contributed by atoms with Gasteiger partial charge in [0.25, 0.3) is 0 Å². The van der Waals surface area contributed by atoms with E-state index in [-0.39, 0.29) is 17.3 Å². The van der Waals surface area contributed by atoms with Crippen LogP contribution in [-0.2, 0) is 21.4 Å². The first-order chi connectivity index (χ1) is 18.8. The molecule has 4 aromatic rings. The highest BCUT2D eigenvalue weighted by Crippen LogP contribution is 2.35. The van der Waals surface area contributed by atoms with Gasteiger partial charge in [-0.1, -0.05) is 35.9 Å². The van der Waals surface area contributed by atoms with Gasteiger partial charge < -0.3 is 18.4 Å². The zero-order chi connectivity index (χ0) is 27.6. The summed E-state index contributed by atoms with van der Waals surface area (Å²) in [6.07, 6.45) is 0. The van der Waals surface area contributed by atoms with Crippen molar-refractivity contribution in [3.05, 3.63) is 89.6 Å². The number of ether oxygens (including phenoxy) is 1. The molecule has 0 aliphatic carbocycles. The fourth-order valence-electron chi connectivity index (χ4n) is 4.93. The van der Waals surface area contributed by atoms with Crippen LogP contribution in [0, 0.1) is 6.92 Å². The lowest BCUT2D eigenvalue weighted by Gasteiger charge is -2.32. The van der Waals surface area contributed by atoms with Crippen molar-refractivity contribution in [2.45, 2.75) is 25.3 Å². The number of hydrogen-bond donors (Lipinski definition) is 0. The average Bonchev–Trinajstić information content (AvgIpc) is 3.23. The van der Waals surface area contributed by atoms with Crippen LogP contribution in [0.4, 0.5) is 0 Å². The zero-order valence-corrected chi connectivity index (χ0v) is 23.3. The Labute approximate surface area is 229 Å². The van der Waals surface area contributed by atoms with Gasteiger partial charge in [0, 0.05) is 43.8 Å². The Morgan fingerprint density at radius 1 is 0.923 bits per heavy atom. The SMILES string of the molecule is CCOC(=O)c1c(CN2CCN(C)CC2)n(-c2ccccc2)c2ccc(OS(=O)(=O)c3ccc(C)cc3)cc12. The fourth-order valence-corrected chi connectivity index (χ4v) is 5.85. The summed E-state index contributed by atoms with van der Waals surface area (Å²) in [7, 11) is -1.96. The van der Waals surface area contributed by atoms with Gasteiger partial charge in [-0.15, -0.1) is 0 Å². The number of likely N-dealkylation sites (N-methyl/N-ethyl adjacent to an activating group) is 1. The van der Waals surface area contributed by atoms with E-state index in [1.807, 2.05) is 37.3 Å². The van der Waals surface area contributed by atoms with E-state index in [1.54, 1.807) is 37.3 Å². The number of nitrogens with zero attached hydrogens (tertiary/aromatic N) is 3. The summed E-state index contributed by atoms with van der Waals surface area (Å²) < 4.78 is 39.2. The van der Waals surface area contributed by atoms with E-state index in [1.165, 1.54) is 12.1 Å². The Morgan fingerprint density at radius 2 is 1.62 bits per heavy atom. The summed E-state index contributed by atoms with van der Waals surface area (Å²) in [5.41, 5.74) is 3.85. The van der Waals surface area contributed by atoms with E-state index < -0.39 is 16.1 Å². The fraction of sp³-hybridized carbons (Fsp3) is 0.300. The van der Waals surface area contributed by atoms with Crippen molar-refractivity contribution in [2.24, 2.45) is 0 Å². The maximum Gasteiger partial charge on any atom is 0.340 e. The third kappa shape index (κ3) is 5.71. The van der Waals surface area contributed by atoms with Gasteiger partial charge in [0.1, 0.15) is 10.6 Å². The topological polar surface area (TPSA) is 81.1 Å². The lowest BCUT2D eigenvalue weighted by atomic mass is 10.1. The van der Waals surface area contributed by atoms with Crippen LogP contribution in [0.5, 0.6) is 5.75 Å². The van der Waals surface area contributed by atoms with Gasteiger partial charge >= 0.3 is 16.1 Å². The summed E-state index contributed by atoms with van der Waals surface area (Å²) in [6, 6.07) is 21.4. The van der Waals surface area contributed by atoms with Crippen molar-refractivity contribution in [1.29, 1.82) is 0 Å². The van der Waals surface area contributed by atoms with Gasteiger partial charge in [-0.3, -0.25) is 4.90 Å². The van der Waals surface area contributed by atoms with E-state index in [9.17, 15) is 13.2 Å². The number of benzene rings is 3. The number of carbonyl (C=O) groups is 1. The molecule has 1 aliphatic heterocycles. The molecule has 1 aromatic heterocycles. The highest BCUT2D eigenvalue weighted by Gasteiger charge is 2.28. The smallest absolute Gasteiger partial charge is 0.340 e. The normalized spacial score (nSPS) is 14.9. The molecular weight excluding hydrogens is 514 g/mol. The summed E-state index contributed by atoms with van der Waals surface area (Å²) in [4.78, 5) is 18.1. The van der Waals surface area contributed by atoms with Crippen molar-refractivity contribution in [3.8, 4) is 11.4 Å². The van der Waals surface area contributed by atoms with Crippen LogP contribution in [0.15, 0.2) is 77.7 Å². The molecule has 0 atom stereocenters. The van der Waals surface area contributed by atoms with E-state index in [2.05, 4.69) is 21.4 Å². The number of fused-ring (bicyclic) bond motifs is 1. The zero-order valence-electron chi connectivity index (χ0n) is 22.5. The number of hydrogen-bond acceptors (Lipinski definition) is 7. The predicted molar refractivity (Wildman–Crippen MR) is 151 cm³/mol. The number of piperazine rings is 1. The predicted octanol–water partition coefficient (Wildman–Crippen LogP) is 4.63.